The topological polar surface area (TPSA) is 70.7 Å². The largest absolute Gasteiger partial charge is 0.494 e. The minimum atomic E-state index is -0.302. The number of amides is 3. The molecule has 1 saturated heterocycles. The summed E-state index contributed by atoms with van der Waals surface area (Å²) < 4.78 is 5.43. The van der Waals surface area contributed by atoms with E-state index in [1.165, 1.54) is 0 Å². The molecule has 1 heterocycles. The van der Waals surface area contributed by atoms with Crippen LogP contribution in [-0.4, -0.2) is 31.6 Å². The number of hydrogen-bond donors (Lipinski definition) is 2. The molecule has 2 N–H and O–H groups in total. The number of carbonyl (C=O) groups is 2. The van der Waals surface area contributed by atoms with Gasteiger partial charge in [-0.15, -0.1) is 0 Å². The maximum atomic E-state index is 12.3. The molecule has 0 saturated carbocycles. The third kappa shape index (κ3) is 5.14. The zero-order chi connectivity index (χ0) is 19.2. The van der Waals surface area contributed by atoms with Crippen molar-refractivity contribution in [3.8, 4) is 5.75 Å². The van der Waals surface area contributed by atoms with Gasteiger partial charge in [-0.05, 0) is 55.5 Å². The molecule has 27 heavy (non-hydrogen) atoms. The third-order valence-electron chi connectivity index (χ3n) is 4.32. The number of hydrogen-bond acceptors (Lipinski definition) is 3. The van der Waals surface area contributed by atoms with Crippen molar-refractivity contribution in [2.24, 2.45) is 5.92 Å². The summed E-state index contributed by atoms with van der Waals surface area (Å²) in [4.78, 5) is 26.1. The summed E-state index contributed by atoms with van der Waals surface area (Å²) in [6, 6.07) is 14.1. The van der Waals surface area contributed by atoms with Crippen LogP contribution < -0.4 is 20.3 Å². The average molecular weight is 388 g/mol. The number of anilines is 2. The minimum absolute atomic E-state index is 0.0593. The molecule has 0 radical (unpaired) electrons. The van der Waals surface area contributed by atoms with E-state index in [0.29, 0.717) is 36.8 Å². The molecule has 0 aromatic heterocycles. The normalized spacial score (nSPS) is 16.3. The van der Waals surface area contributed by atoms with Crippen molar-refractivity contribution < 1.29 is 14.3 Å². The summed E-state index contributed by atoms with van der Waals surface area (Å²) >= 11 is 5.83. The van der Waals surface area contributed by atoms with Crippen LogP contribution in [0, 0.1) is 5.92 Å². The number of urea groups is 1. The first-order valence-electron chi connectivity index (χ1n) is 8.89. The molecular formula is C20H22ClN3O3. The van der Waals surface area contributed by atoms with Gasteiger partial charge in [0.05, 0.1) is 6.61 Å². The van der Waals surface area contributed by atoms with Gasteiger partial charge < -0.3 is 20.3 Å². The van der Waals surface area contributed by atoms with Crippen LogP contribution >= 0.6 is 11.6 Å². The van der Waals surface area contributed by atoms with Gasteiger partial charge in [0.2, 0.25) is 5.91 Å². The Labute approximate surface area is 163 Å². The monoisotopic (exact) mass is 387 g/mol. The summed E-state index contributed by atoms with van der Waals surface area (Å²) in [5.41, 5.74) is 1.51. The number of halogens is 1. The van der Waals surface area contributed by atoms with Crippen LogP contribution in [0.5, 0.6) is 5.75 Å². The second-order valence-corrected chi connectivity index (χ2v) is 6.78. The molecule has 0 bridgehead atoms. The van der Waals surface area contributed by atoms with Gasteiger partial charge in [0, 0.05) is 41.8 Å². The van der Waals surface area contributed by atoms with E-state index in [1.807, 2.05) is 31.2 Å². The van der Waals surface area contributed by atoms with Gasteiger partial charge in [0.25, 0.3) is 0 Å². The quantitative estimate of drug-likeness (QED) is 0.789. The maximum absolute atomic E-state index is 12.3. The minimum Gasteiger partial charge on any atom is -0.494 e. The molecule has 1 unspecified atom stereocenters. The SMILES string of the molecule is CCOc1ccc(N2CC(CNC(=O)Nc3ccc(Cl)cc3)CC2=O)cc1. The molecule has 2 aromatic rings. The molecule has 142 valence electrons. The van der Waals surface area contributed by atoms with Crippen molar-refractivity contribution in [2.75, 3.05) is 29.9 Å². The van der Waals surface area contributed by atoms with E-state index in [1.54, 1.807) is 29.2 Å². The molecule has 3 amide bonds. The molecule has 2 aromatic carbocycles. The number of rotatable bonds is 6. The van der Waals surface area contributed by atoms with Gasteiger partial charge in [0.1, 0.15) is 5.75 Å². The Kier molecular flexibility index (Phi) is 6.19. The molecule has 1 atom stereocenters. The maximum Gasteiger partial charge on any atom is 0.319 e. The first kappa shape index (κ1) is 19.0. The molecule has 0 spiro atoms. The van der Waals surface area contributed by atoms with Crippen molar-refractivity contribution in [1.29, 1.82) is 0 Å². The number of carbonyl (C=O) groups excluding carboxylic acids is 2. The molecule has 3 rings (SSSR count). The van der Waals surface area contributed by atoms with Crippen molar-refractivity contribution in [1.82, 2.24) is 5.32 Å². The van der Waals surface area contributed by atoms with E-state index < -0.39 is 0 Å². The highest BCUT2D eigenvalue weighted by molar-refractivity contribution is 6.30. The molecule has 1 aliphatic heterocycles. The number of benzene rings is 2. The van der Waals surface area contributed by atoms with E-state index in [-0.39, 0.29) is 17.9 Å². The Morgan fingerprint density at radius 2 is 1.89 bits per heavy atom. The second-order valence-electron chi connectivity index (χ2n) is 6.34. The van der Waals surface area contributed by atoms with E-state index >= 15 is 0 Å². The summed E-state index contributed by atoms with van der Waals surface area (Å²) in [5.74, 6) is 0.911. The number of nitrogens with zero attached hydrogens (tertiary/aromatic N) is 1. The van der Waals surface area contributed by atoms with E-state index in [0.717, 1.165) is 11.4 Å². The lowest BCUT2D eigenvalue weighted by Gasteiger charge is -2.17. The number of nitrogens with one attached hydrogen (secondary N) is 2. The van der Waals surface area contributed by atoms with Crippen molar-refractivity contribution in [3.63, 3.8) is 0 Å². The highest BCUT2D eigenvalue weighted by Gasteiger charge is 2.30. The van der Waals surface area contributed by atoms with E-state index in [4.69, 9.17) is 16.3 Å². The zero-order valence-electron chi connectivity index (χ0n) is 15.1. The fourth-order valence-corrected chi connectivity index (χ4v) is 3.13. The predicted molar refractivity (Wildman–Crippen MR) is 107 cm³/mol. The molecular weight excluding hydrogens is 366 g/mol. The first-order chi connectivity index (χ1) is 13.0. The van der Waals surface area contributed by atoms with Gasteiger partial charge >= 0.3 is 6.03 Å². The standard InChI is InChI=1S/C20H22ClN3O3/c1-2-27-18-9-7-17(8-10-18)24-13-14(11-19(24)25)12-22-20(26)23-16-5-3-15(21)4-6-16/h3-10,14H,2,11-13H2,1H3,(H2,22,23,26). The van der Waals surface area contributed by atoms with Gasteiger partial charge in [0.15, 0.2) is 0 Å². The first-order valence-corrected chi connectivity index (χ1v) is 9.26. The third-order valence-corrected chi connectivity index (χ3v) is 4.57. The molecule has 7 heteroatoms. The summed E-state index contributed by atoms with van der Waals surface area (Å²) in [6.45, 7) is 3.54. The molecule has 1 aliphatic rings. The van der Waals surface area contributed by atoms with Crippen LogP contribution in [0.3, 0.4) is 0 Å². The lowest BCUT2D eigenvalue weighted by atomic mass is 10.1. The average Bonchev–Trinajstić information content (AvgIpc) is 3.04. The summed E-state index contributed by atoms with van der Waals surface area (Å²) in [6.07, 6.45) is 0.411. The van der Waals surface area contributed by atoms with Crippen LogP contribution in [0.2, 0.25) is 5.02 Å². The fourth-order valence-electron chi connectivity index (χ4n) is 3.00. The van der Waals surface area contributed by atoms with Crippen LogP contribution in [0.15, 0.2) is 48.5 Å². The fraction of sp³-hybridized carbons (Fsp3) is 0.300. The zero-order valence-corrected chi connectivity index (χ0v) is 15.8. The highest BCUT2D eigenvalue weighted by Crippen LogP contribution is 2.26. The van der Waals surface area contributed by atoms with Gasteiger partial charge in [-0.1, -0.05) is 11.6 Å². The van der Waals surface area contributed by atoms with E-state index in [9.17, 15) is 9.59 Å². The van der Waals surface area contributed by atoms with Crippen molar-refractivity contribution in [2.45, 2.75) is 13.3 Å². The predicted octanol–water partition coefficient (Wildman–Crippen LogP) is 3.91. The Morgan fingerprint density at radius 3 is 2.56 bits per heavy atom. The highest BCUT2D eigenvalue weighted by atomic mass is 35.5. The summed E-state index contributed by atoms with van der Waals surface area (Å²) in [7, 11) is 0. The summed E-state index contributed by atoms with van der Waals surface area (Å²) in [5, 5.41) is 6.18. The Hall–Kier alpha value is -2.73. The van der Waals surface area contributed by atoms with Gasteiger partial charge in [-0.3, -0.25) is 4.79 Å². The lowest BCUT2D eigenvalue weighted by Crippen LogP contribution is -2.34. The Balaban J connectivity index is 1.50. The lowest BCUT2D eigenvalue weighted by molar-refractivity contribution is -0.117. The second kappa shape index (κ2) is 8.77. The molecule has 6 nitrogen and oxygen atoms in total. The number of ether oxygens (including phenoxy) is 1. The van der Waals surface area contributed by atoms with Crippen LogP contribution in [-0.2, 0) is 4.79 Å². The van der Waals surface area contributed by atoms with Crippen LogP contribution in [0.25, 0.3) is 0 Å². The Morgan fingerprint density at radius 1 is 1.19 bits per heavy atom. The molecule has 1 fully saturated rings. The van der Waals surface area contributed by atoms with Crippen LogP contribution in [0.1, 0.15) is 13.3 Å². The van der Waals surface area contributed by atoms with Crippen molar-refractivity contribution in [3.05, 3.63) is 53.6 Å². The van der Waals surface area contributed by atoms with E-state index in [2.05, 4.69) is 10.6 Å². The van der Waals surface area contributed by atoms with Gasteiger partial charge in [-0.25, -0.2) is 4.79 Å². The Bertz CT molecular complexity index is 793. The van der Waals surface area contributed by atoms with Crippen molar-refractivity contribution >= 4 is 34.9 Å². The molecule has 0 aliphatic carbocycles. The smallest absolute Gasteiger partial charge is 0.319 e. The van der Waals surface area contributed by atoms with Crippen LogP contribution in [0.4, 0.5) is 16.2 Å². The van der Waals surface area contributed by atoms with Gasteiger partial charge in [-0.2, -0.15) is 0 Å².